The Morgan fingerprint density at radius 3 is 2.15 bits per heavy atom. The van der Waals surface area contributed by atoms with Gasteiger partial charge in [0.15, 0.2) is 6.23 Å². The number of imide groups is 1. The zero-order chi connectivity index (χ0) is 28.2. The number of carbonyl (C=O) groups is 3. The molecule has 2 atom stereocenters. The molecule has 8 heteroatoms. The molecule has 2 unspecified atom stereocenters. The number of amides is 4. The van der Waals surface area contributed by atoms with Crippen LogP contribution in [0.15, 0.2) is 48.5 Å². The van der Waals surface area contributed by atoms with Crippen molar-refractivity contribution < 1.29 is 19.1 Å². The lowest BCUT2D eigenvalue weighted by Gasteiger charge is -2.53. The third-order valence-electron chi connectivity index (χ3n) is 8.33. The molecule has 4 rings (SSSR count). The molecule has 2 aliphatic heterocycles. The summed E-state index contributed by atoms with van der Waals surface area (Å²) in [7, 11) is 2.06. The van der Waals surface area contributed by atoms with E-state index >= 15 is 0 Å². The molecule has 2 heterocycles. The van der Waals surface area contributed by atoms with Crippen LogP contribution in [0.5, 0.6) is 5.75 Å². The van der Waals surface area contributed by atoms with Crippen molar-refractivity contribution in [2.24, 2.45) is 5.41 Å². The van der Waals surface area contributed by atoms with Crippen LogP contribution in [0.4, 0.5) is 4.79 Å². The van der Waals surface area contributed by atoms with E-state index in [0.717, 1.165) is 37.1 Å². The van der Waals surface area contributed by atoms with Crippen molar-refractivity contribution in [3.63, 3.8) is 0 Å². The number of nitrogens with one attached hydrogen (secondary N) is 1. The fourth-order valence-electron chi connectivity index (χ4n) is 5.52. The van der Waals surface area contributed by atoms with Gasteiger partial charge in [0.1, 0.15) is 11.2 Å². The Balaban J connectivity index is 1.49. The van der Waals surface area contributed by atoms with Gasteiger partial charge in [-0.3, -0.25) is 9.59 Å². The quantitative estimate of drug-likeness (QED) is 0.459. The maximum absolute atomic E-state index is 13.5. The van der Waals surface area contributed by atoms with E-state index in [0.29, 0.717) is 37.2 Å². The van der Waals surface area contributed by atoms with Gasteiger partial charge in [0.05, 0.1) is 6.04 Å². The Hall–Kier alpha value is -3.39. The van der Waals surface area contributed by atoms with Gasteiger partial charge >= 0.3 is 6.03 Å². The molecule has 2 aliphatic rings. The van der Waals surface area contributed by atoms with Gasteiger partial charge in [-0.05, 0) is 63.1 Å². The number of aryl methyl sites for hydroxylation is 1. The Morgan fingerprint density at radius 2 is 1.59 bits per heavy atom. The molecule has 39 heavy (non-hydrogen) atoms. The molecular weight excluding hydrogens is 492 g/mol. The van der Waals surface area contributed by atoms with Crippen molar-refractivity contribution in [3.8, 4) is 5.75 Å². The average Bonchev–Trinajstić information content (AvgIpc) is 2.94. The summed E-state index contributed by atoms with van der Waals surface area (Å²) in [5, 5.41) is 3.08. The molecule has 2 aromatic rings. The van der Waals surface area contributed by atoms with Crippen LogP contribution in [0, 0.1) is 12.3 Å². The van der Waals surface area contributed by atoms with E-state index in [1.165, 1.54) is 4.90 Å². The van der Waals surface area contributed by atoms with Gasteiger partial charge in [0.2, 0.25) is 5.91 Å². The molecule has 0 spiro atoms. The van der Waals surface area contributed by atoms with Gasteiger partial charge in [-0.2, -0.15) is 0 Å². The molecule has 8 nitrogen and oxygen atoms in total. The first-order valence-electron chi connectivity index (χ1n) is 14.2. The number of ether oxygens (including phenoxy) is 1. The monoisotopic (exact) mass is 534 g/mol. The van der Waals surface area contributed by atoms with E-state index < -0.39 is 17.7 Å². The first-order chi connectivity index (χ1) is 18.7. The SMILES string of the molecule is CCCC(NC(=O)N1C(=O)C(CC)(CC)C1Oc1ccc(C(=O)N2CCN(C)CC2)cc1)c1ccc(C)cc1. The highest BCUT2D eigenvalue weighted by atomic mass is 16.5. The number of likely N-dealkylation sites (tertiary alicyclic amines) is 1. The fraction of sp³-hybridized carbons (Fsp3) is 0.516. The number of hydrogen-bond donors (Lipinski definition) is 1. The molecule has 1 N–H and O–H groups in total. The average molecular weight is 535 g/mol. The Labute approximate surface area is 232 Å². The molecule has 0 bridgehead atoms. The van der Waals surface area contributed by atoms with Crippen molar-refractivity contribution in [2.45, 2.75) is 65.6 Å². The number of hydrogen-bond acceptors (Lipinski definition) is 5. The van der Waals surface area contributed by atoms with Gasteiger partial charge in [-0.15, -0.1) is 0 Å². The Bertz CT molecular complexity index is 1150. The van der Waals surface area contributed by atoms with E-state index in [1.807, 2.05) is 49.9 Å². The lowest BCUT2D eigenvalue weighted by Crippen LogP contribution is -2.73. The smallest absolute Gasteiger partial charge is 0.327 e. The predicted molar refractivity (Wildman–Crippen MR) is 151 cm³/mol. The molecular formula is C31H42N4O4. The fourth-order valence-corrected chi connectivity index (χ4v) is 5.52. The number of urea groups is 1. The molecule has 2 aromatic carbocycles. The number of likely N-dealkylation sites (N-methyl/N-ethyl adjacent to an activating group) is 1. The van der Waals surface area contributed by atoms with Crippen molar-refractivity contribution in [2.75, 3.05) is 33.2 Å². The second-order valence-electron chi connectivity index (χ2n) is 10.8. The number of nitrogens with zero attached hydrogens (tertiary/aromatic N) is 3. The summed E-state index contributed by atoms with van der Waals surface area (Å²) in [4.78, 5) is 45.1. The van der Waals surface area contributed by atoms with Crippen molar-refractivity contribution in [1.82, 2.24) is 20.0 Å². The minimum Gasteiger partial charge on any atom is -0.469 e. The maximum atomic E-state index is 13.5. The molecule has 0 radical (unpaired) electrons. The van der Waals surface area contributed by atoms with Gasteiger partial charge in [-0.25, -0.2) is 9.69 Å². The molecule has 2 saturated heterocycles. The minimum absolute atomic E-state index is 0.00371. The van der Waals surface area contributed by atoms with Crippen molar-refractivity contribution in [1.29, 1.82) is 0 Å². The van der Waals surface area contributed by atoms with Crippen LogP contribution in [0.2, 0.25) is 0 Å². The molecule has 2 fully saturated rings. The van der Waals surface area contributed by atoms with E-state index in [9.17, 15) is 14.4 Å². The topological polar surface area (TPSA) is 82.2 Å². The summed E-state index contributed by atoms with van der Waals surface area (Å²) < 4.78 is 6.32. The largest absolute Gasteiger partial charge is 0.469 e. The Morgan fingerprint density at radius 1 is 0.974 bits per heavy atom. The van der Waals surface area contributed by atoms with Gasteiger partial charge in [0.25, 0.3) is 5.91 Å². The minimum atomic E-state index is -0.768. The number of rotatable bonds is 9. The lowest BCUT2D eigenvalue weighted by atomic mass is 9.72. The first-order valence-corrected chi connectivity index (χ1v) is 14.2. The number of carbonyl (C=O) groups excluding carboxylic acids is 3. The van der Waals surface area contributed by atoms with Crippen LogP contribution in [-0.4, -0.2) is 72.0 Å². The zero-order valence-electron chi connectivity index (χ0n) is 23.9. The van der Waals surface area contributed by atoms with Crippen molar-refractivity contribution >= 4 is 17.8 Å². The zero-order valence-corrected chi connectivity index (χ0v) is 23.9. The van der Waals surface area contributed by atoms with E-state index in [-0.39, 0.29) is 17.9 Å². The van der Waals surface area contributed by atoms with E-state index in [2.05, 4.69) is 24.2 Å². The highest BCUT2D eigenvalue weighted by Gasteiger charge is 2.63. The van der Waals surface area contributed by atoms with Gasteiger partial charge < -0.3 is 19.9 Å². The second kappa shape index (κ2) is 12.2. The summed E-state index contributed by atoms with van der Waals surface area (Å²) in [5.74, 6) is 0.315. The first kappa shape index (κ1) is 28.6. The standard InChI is InChI=1S/C31H42N4O4/c1-6-9-26(23-12-10-22(4)11-13-23)32-30(38)35-28(37)31(7-2,8-3)29(35)39-25-16-14-24(15-17-25)27(36)34-20-18-33(5)19-21-34/h10-17,26,29H,6-9,18-21H2,1-5H3,(H,32,38). The van der Waals surface area contributed by atoms with Crippen molar-refractivity contribution in [3.05, 3.63) is 65.2 Å². The third-order valence-corrected chi connectivity index (χ3v) is 8.33. The summed E-state index contributed by atoms with van der Waals surface area (Å²) in [6.07, 6.45) is 2.05. The highest BCUT2D eigenvalue weighted by Crippen LogP contribution is 2.46. The molecule has 210 valence electrons. The van der Waals surface area contributed by atoms with E-state index in [4.69, 9.17) is 4.74 Å². The molecule has 0 saturated carbocycles. The second-order valence-corrected chi connectivity index (χ2v) is 10.8. The van der Waals surface area contributed by atoms with Crippen LogP contribution in [0.1, 0.15) is 74.0 Å². The third kappa shape index (κ3) is 5.81. The van der Waals surface area contributed by atoms with Crippen LogP contribution in [-0.2, 0) is 4.79 Å². The number of benzene rings is 2. The molecule has 4 amide bonds. The Kier molecular flexibility index (Phi) is 8.95. The lowest BCUT2D eigenvalue weighted by molar-refractivity contribution is -0.191. The summed E-state index contributed by atoms with van der Waals surface area (Å²) in [6, 6.07) is 14.5. The van der Waals surface area contributed by atoms with Gasteiger partial charge in [-0.1, -0.05) is 57.0 Å². The van der Waals surface area contributed by atoms with E-state index in [1.54, 1.807) is 24.3 Å². The van der Waals surface area contributed by atoms with Gasteiger partial charge in [0, 0.05) is 31.7 Å². The highest BCUT2D eigenvalue weighted by molar-refractivity contribution is 6.03. The van der Waals surface area contributed by atoms with Crippen LogP contribution in [0.25, 0.3) is 0 Å². The number of β-lactam (4-membered cyclic amide) rings is 1. The van der Waals surface area contributed by atoms with Crippen LogP contribution < -0.4 is 10.1 Å². The summed E-state index contributed by atoms with van der Waals surface area (Å²) >= 11 is 0. The molecule has 0 aromatic heterocycles. The predicted octanol–water partition coefficient (Wildman–Crippen LogP) is 4.99. The van der Waals surface area contributed by atoms with Crippen LogP contribution in [0.3, 0.4) is 0 Å². The number of piperazine rings is 1. The summed E-state index contributed by atoms with van der Waals surface area (Å²) in [6.45, 7) is 11.2. The normalized spacial score (nSPS) is 19.8. The van der Waals surface area contributed by atoms with Crippen LogP contribution >= 0.6 is 0 Å². The summed E-state index contributed by atoms with van der Waals surface area (Å²) in [5.41, 5.74) is 2.00. The maximum Gasteiger partial charge on any atom is 0.327 e. The molecule has 0 aliphatic carbocycles.